The number of aromatic nitrogens is 1. The molecule has 1 aliphatic heterocycles. The van der Waals surface area contributed by atoms with Gasteiger partial charge in [-0.25, -0.2) is 19.4 Å². The Morgan fingerprint density at radius 3 is 2.61 bits per heavy atom. The van der Waals surface area contributed by atoms with Gasteiger partial charge < -0.3 is 24.8 Å². The van der Waals surface area contributed by atoms with Crippen LogP contribution in [-0.2, 0) is 20.9 Å². The van der Waals surface area contributed by atoms with E-state index in [-0.39, 0.29) is 37.6 Å². The Balaban J connectivity index is 1.64. The minimum atomic E-state index is -0.615. The summed E-state index contributed by atoms with van der Waals surface area (Å²) in [6.45, 7) is 3.44. The molecule has 2 aromatic rings. The molecule has 0 atom stereocenters. The normalized spacial score (nSPS) is 13.3. The zero-order chi connectivity index (χ0) is 22.4. The molecule has 1 aromatic heterocycles. The van der Waals surface area contributed by atoms with E-state index in [4.69, 9.17) is 25.8 Å². The molecular weight excluding hydrogens is 446 g/mol. The van der Waals surface area contributed by atoms with Gasteiger partial charge in [0.15, 0.2) is 0 Å². The van der Waals surface area contributed by atoms with Crippen LogP contribution in [0.2, 0.25) is 5.02 Å². The number of amides is 2. The molecule has 31 heavy (non-hydrogen) atoms. The zero-order valence-electron chi connectivity index (χ0n) is 16.8. The van der Waals surface area contributed by atoms with E-state index in [1.807, 2.05) is 0 Å². The fraction of sp³-hybridized carbons (Fsp3) is 0.300. The third-order valence-corrected chi connectivity index (χ3v) is 5.49. The third-order valence-electron chi connectivity index (χ3n) is 4.13. The SMILES string of the molecule is CCOC(=O)C1=C(COC(=O)c2sc(COc3ccc(Cl)cc3)nc2C)NC(=O)NC1. The Hall–Kier alpha value is -3.11. The van der Waals surface area contributed by atoms with Crippen LogP contribution in [-0.4, -0.2) is 42.7 Å². The number of halogens is 1. The standard InChI is InChI=1S/C20H20ClN3O6S/c1-3-28-18(25)14-8-22-20(27)24-15(14)9-30-19(26)17-11(2)23-16(31-17)10-29-13-6-4-12(21)5-7-13/h4-7H,3,8-10H2,1-2H3,(H2,22,24,27). The molecule has 0 aliphatic carbocycles. The number of benzene rings is 1. The van der Waals surface area contributed by atoms with Gasteiger partial charge in [0.1, 0.15) is 28.8 Å². The summed E-state index contributed by atoms with van der Waals surface area (Å²) in [5.41, 5.74) is 0.884. The van der Waals surface area contributed by atoms with Crippen molar-refractivity contribution >= 4 is 40.9 Å². The van der Waals surface area contributed by atoms with E-state index in [9.17, 15) is 14.4 Å². The van der Waals surface area contributed by atoms with Gasteiger partial charge in [-0.15, -0.1) is 11.3 Å². The smallest absolute Gasteiger partial charge is 0.350 e. The van der Waals surface area contributed by atoms with Crippen molar-refractivity contribution in [3.8, 4) is 5.75 Å². The first-order valence-electron chi connectivity index (χ1n) is 9.33. The number of esters is 2. The van der Waals surface area contributed by atoms with E-state index in [1.165, 1.54) is 0 Å². The predicted molar refractivity (Wildman–Crippen MR) is 113 cm³/mol. The minimum absolute atomic E-state index is 0.0106. The number of nitrogens with zero attached hydrogens (tertiary/aromatic N) is 1. The lowest BCUT2D eigenvalue weighted by Crippen LogP contribution is -2.45. The van der Waals surface area contributed by atoms with Gasteiger partial charge in [0, 0.05) is 5.02 Å². The third kappa shape index (κ3) is 5.96. The van der Waals surface area contributed by atoms with Gasteiger partial charge in [-0.3, -0.25) is 0 Å². The van der Waals surface area contributed by atoms with Crippen molar-refractivity contribution in [2.24, 2.45) is 0 Å². The monoisotopic (exact) mass is 465 g/mol. The Labute approximate surface area is 187 Å². The molecular formula is C20H20ClN3O6S. The predicted octanol–water partition coefficient (Wildman–Crippen LogP) is 2.97. The van der Waals surface area contributed by atoms with Crippen LogP contribution in [0.25, 0.3) is 0 Å². The van der Waals surface area contributed by atoms with Gasteiger partial charge in [0.05, 0.1) is 30.1 Å². The number of hydrogen-bond donors (Lipinski definition) is 2. The molecule has 0 radical (unpaired) electrons. The molecule has 2 heterocycles. The highest BCUT2D eigenvalue weighted by atomic mass is 35.5. The number of ether oxygens (including phenoxy) is 3. The van der Waals surface area contributed by atoms with Crippen molar-refractivity contribution in [2.45, 2.75) is 20.5 Å². The largest absolute Gasteiger partial charge is 0.486 e. The summed E-state index contributed by atoms with van der Waals surface area (Å²) in [5.74, 6) is -0.575. The second-order valence-corrected chi connectivity index (χ2v) is 7.85. The molecule has 3 rings (SSSR count). The highest BCUT2D eigenvalue weighted by Gasteiger charge is 2.25. The number of rotatable bonds is 8. The zero-order valence-corrected chi connectivity index (χ0v) is 18.4. The van der Waals surface area contributed by atoms with Crippen molar-refractivity contribution in [1.82, 2.24) is 15.6 Å². The Kier molecular flexibility index (Phi) is 7.48. The van der Waals surface area contributed by atoms with Gasteiger partial charge in [0.25, 0.3) is 0 Å². The summed E-state index contributed by atoms with van der Waals surface area (Å²) in [5, 5.41) is 6.17. The Morgan fingerprint density at radius 1 is 1.16 bits per heavy atom. The van der Waals surface area contributed by atoms with Gasteiger partial charge in [-0.2, -0.15) is 0 Å². The lowest BCUT2D eigenvalue weighted by atomic mass is 10.2. The molecule has 9 nitrogen and oxygen atoms in total. The van der Waals surface area contributed by atoms with Crippen molar-refractivity contribution in [2.75, 3.05) is 19.8 Å². The Morgan fingerprint density at radius 2 is 1.90 bits per heavy atom. The van der Waals surface area contributed by atoms with Gasteiger partial charge in [-0.1, -0.05) is 11.6 Å². The fourth-order valence-electron chi connectivity index (χ4n) is 2.65. The first kappa shape index (κ1) is 22.6. The topological polar surface area (TPSA) is 116 Å². The van der Waals surface area contributed by atoms with E-state index < -0.39 is 18.0 Å². The molecule has 0 saturated heterocycles. The van der Waals surface area contributed by atoms with Crippen LogP contribution in [0.1, 0.15) is 27.3 Å². The molecule has 2 N–H and O–H groups in total. The van der Waals surface area contributed by atoms with Crippen molar-refractivity contribution in [3.05, 3.63) is 56.1 Å². The maximum atomic E-state index is 12.5. The highest BCUT2D eigenvalue weighted by Crippen LogP contribution is 2.22. The lowest BCUT2D eigenvalue weighted by molar-refractivity contribution is -0.138. The minimum Gasteiger partial charge on any atom is -0.486 e. The van der Waals surface area contributed by atoms with E-state index in [0.717, 1.165) is 11.3 Å². The van der Waals surface area contributed by atoms with Crippen molar-refractivity contribution in [3.63, 3.8) is 0 Å². The number of hydrogen-bond acceptors (Lipinski definition) is 8. The molecule has 164 valence electrons. The van der Waals surface area contributed by atoms with Crippen LogP contribution in [0.4, 0.5) is 4.79 Å². The second kappa shape index (κ2) is 10.3. The van der Waals surface area contributed by atoms with Gasteiger partial charge in [0.2, 0.25) is 0 Å². The molecule has 11 heteroatoms. The summed E-state index contributed by atoms with van der Waals surface area (Å²) >= 11 is 7.00. The van der Waals surface area contributed by atoms with E-state index in [0.29, 0.717) is 26.4 Å². The van der Waals surface area contributed by atoms with Crippen LogP contribution in [0, 0.1) is 6.92 Å². The molecule has 2 amide bonds. The summed E-state index contributed by atoms with van der Waals surface area (Å²) in [7, 11) is 0. The quantitative estimate of drug-likeness (QED) is 0.575. The maximum Gasteiger partial charge on any atom is 0.350 e. The molecule has 0 unspecified atom stereocenters. The number of thiazole rings is 1. The van der Waals surface area contributed by atoms with E-state index >= 15 is 0 Å². The highest BCUT2D eigenvalue weighted by molar-refractivity contribution is 7.13. The van der Waals surface area contributed by atoms with Crippen LogP contribution >= 0.6 is 22.9 Å². The lowest BCUT2D eigenvalue weighted by Gasteiger charge is -2.21. The van der Waals surface area contributed by atoms with E-state index in [1.54, 1.807) is 38.1 Å². The van der Waals surface area contributed by atoms with Crippen LogP contribution in [0.3, 0.4) is 0 Å². The number of nitrogens with one attached hydrogen (secondary N) is 2. The molecule has 0 bridgehead atoms. The molecule has 1 aromatic carbocycles. The molecule has 1 aliphatic rings. The Bertz CT molecular complexity index is 1020. The summed E-state index contributed by atoms with van der Waals surface area (Å²) in [6.07, 6.45) is 0. The number of carbonyl (C=O) groups excluding carboxylic acids is 3. The average molecular weight is 466 g/mol. The van der Waals surface area contributed by atoms with Gasteiger partial charge >= 0.3 is 18.0 Å². The average Bonchev–Trinajstić information content (AvgIpc) is 3.12. The molecule has 0 spiro atoms. The summed E-state index contributed by atoms with van der Waals surface area (Å²) in [4.78, 5) is 40.8. The first-order valence-corrected chi connectivity index (χ1v) is 10.5. The van der Waals surface area contributed by atoms with Crippen molar-refractivity contribution in [1.29, 1.82) is 0 Å². The maximum absolute atomic E-state index is 12.5. The van der Waals surface area contributed by atoms with Crippen LogP contribution in [0.15, 0.2) is 35.5 Å². The summed E-state index contributed by atoms with van der Waals surface area (Å²) in [6, 6.07) is 6.41. The van der Waals surface area contributed by atoms with E-state index in [2.05, 4.69) is 15.6 Å². The first-order chi connectivity index (χ1) is 14.9. The number of carbonyl (C=O) groups is 3. The number of aryl methyl sites for hydroxylation is 1. The number of urea groups is 1. The second-order valence-electron chi connectivity index (χ2n) is 6.33. The van der Waals surface area contributed by atoms with Crippen LogP contribution < -0.4 is 15.4 Å². The van der Waals surface area contributed by atoms with Crippen LogP contribution in [0.5, 0.6) is 5.75 Å². The fourth-order valence-corrected chi connectivity index (χ4v) is 3.65. The molecule has 0 fully saturated rings. The molecule has 0 saturated carbocycles. The van der Waals surface area contributed by atoms with Gasteiger partial charge in [-0.05, 0) is 38.1 Å². The summed E-state index contributed by atoms with van der Waals surface area (Å²) < 4.78 is 15.9. The van der Waals surface area contributed by atoms with Crippen molar-refractivity contribution < 1.29 is 28.6 Å².